The fourth-order valence-electron chi connectivity index (χ4n) is 3.16. The quantitative estimate of drug-likeness (QED) is 0.686. The van der Waals surface area contributed by atoms with Gasteiger partial charge >= 0.3 is 0 Å². The van der Waals surface area contributed by atoms with E-state index in [0.717, 1.165) is 41.5 Å². The summed E-state index contributed by atoms with van der Waals surface area (Å²) in [6.07, 6.45) is 2.39. The topological polar surface area (TPSA) is 42.4 Å². The molecule has 25 heavy (non-hydrogen) atoms. The molecule has 0 unspecified atom stereocenters. The maximum Gasteiger partial charge on any atom is 0.274 e. The number of benzene rings is 1. The van der Waals surface area contributed by atoms with E-state index in [0.29, 0.717) is 6.42 Å². The van der Waals surface area contributed by atoms with Gasteiger partial charge in [0.15, 0.2) is 0 Å². The SMILES string of the molecule is Cc1cccc2sc(OC3CCN(C(=O)Cc4cccs4)CC3)nc12. The zero-order valence-corrected chi connectivity index (χ0v) is 15.7. The van der Waals surface area contributed by atoms with E-state index in [9.17, 15) is 4.79 Å². The number of amides is 1. The maximum absolute atomic E-state index is 12.4. The van der Waals surface area contributed by atoms with E-state index >= 15 is 0 Å². The number of rotatable bonds is 4. The standard InChI is InChI=1S/C19H20N2O2S2/c1-13-4-2-6-16-18(13)20-19(25-16)23-14-7-9-21(10-8-14)17(22)12-15-5-3-11-24-15/h2-6,11,14H,7-10,12H2,1H3. The van der Waals surface area contributed by atoms with Gasteiger partial charge in [0.05, 0.1) is 16.6 Å². The van der Waals surface area contributed by atoms with Gasteiger partial charge in [-0.2, -0.15) is 0 Å². The van der Waals surface area contributed by atoms with Crippen molar-refractivity contribution in [2.24, 2.45) is 0 Å². The number of thiazole rings is 1. The van der Waals surface area contributed by atoms with Gasteiger partial charge in [0.2, 0.25) is 5.91 Å². The highest BCUT2D eigenvalue weighted by molar-refractivity contribution is 7.20. The average molecular weight is 373 g/mol. The van der Waals surface area contributed by atoms with Crippen LogP contribution in [0.2, 0.25) is 0 Å². The van der Waals surface area contributed by atoms with Crippen molar-refractivity contribution in [3.05, 3.63) is 46.2 Å². The lowest BCUT2D eigenvalue weighted by Gasteiger charge is -2.31. The normalized spacial score (nSPS) is 15.6. The lowest BCUT2D eigenvalue weighted by molar-refractivity contribution is -0.132. The van der Waals surface area contributed by atoms with Crippen LogP contribution in [-0.4, -0.2) is 35.0 Å². The number of carbonyl (C=O) groups excluding carboxylic acids is 1. The van der Waals surface area contributed by atoms with E-state index in [4.69, 9.17) is 4.74 Å². The molecular formula is C19H20N2O2S2. The van der Waals surface area contributed by atoms with Crippen LogP contribution in [0.1, 0.15) is 23.3 Å². The Morgan fingerprint density at radius 2 is 2.12 bits per heavy atom. The number of para-hydroxylation sites is 1. The minimum Gasteiger partial charge on any atom is -0.467 e. The fraction of sp³-hybridized carbons (Fsp3) is 0.368. The lowest BCUT2D eigenvalue weighted by atomic mass is 10.1. The fourth-order valence-corrected chi connectivity index (χ4v) is 4.81. The molecule has 1 aliphatic heterocycles. The Morgan fingerprint density at radius 3 is 2.84 bits per heavy atom. The molecule has 1 aliphatic rings. The van der Waals surface area contributed by atoms with Crippen molar-refractivity contribution < 1.29 is 9.53 Å². The van der Waals surface area contributed by atoms with Gasteiger partial charge in [-0.3, -0.25) is 4.79 Å². The number of nitrogens with zero attached hydrogens (tertiary/aromatic N) is 2. The number of carbonyl (C=O) groups is 1. The largest absolute Gasteiger partial charge is 0.467 e. The summed E-state index contributed by atoms with van der Waals surface area (Å²) in [5.41, 5.74) is 2.21. The zero-order valence-electron chi connectivity index (χ0n) is 14.1. The van der Waals surface area contributed by atoms with Crippen LogP contribution < -0.4 is 4.74 Å². The third-order valence-electron chi connectivity index (χ3n) is 4.57. The summed E-state index contributed by atoms with van der Waals surface area (Å²) >= 11 is 3.24. The molecule has 130 valence electrons. The number of fused-ring (bicyclic) bond motifs is 1. The molecular weight excluding hydrogens is 352 g/mol. The van der Waals surface area contributed by atoms with Gasteiger partial charge in [-0.15, -0.1) is 11.3 Å². The van der Waals surface area contributed by atoms with Crippen LogP contribution in [0.25, 0.3) is 10.2 Å². The first-order valence-electron chi connectivity index (χ1n) is 8.52. The van der Waals surface area contributed by atoms with E-state index in [1.54, 1.807) is 22.7 Å². The molecule has 0 aliphatic carbocycles. The number of aromatic nitrogens is 1. The lowest BCUT2D eigenvalue weighted by Crippen LogP contribution is -2.42. The van der Waals surface area contributed by atoms with E-state index in [1.165, 1.54) is 10.3 Å². The monoisotopic (exact) mass is 372 g/mol. The second kappa shape index (κ2) is 7.14. The summed E-state index contributed by atoms with van der Waals surface area (Å²) in [7, 11) is 0. The Hall–Kier alpha value is -1.92. The van der Waals surface area contributed by atoms with Crippen molar-refractivity contribution in [2.75, 3.05) is 13.1 Å². The van der Waals surface area contributed by atoms with Crippen molar-refractivity contribution in [3.63, 3.8) is 0 Å². The first kappa shape index (κ1) is 16.5. The second-order valence-corrected chi connectivity index (χ2v) is 8.38. The molecule has 2 aromatic heterocycles. The van der Waals surface area contributed by atoms with Gasteiger partial charge in [0, 0.05) is 30.8 Å². The minimum atomic E-state index is 0.145. The molecule has 0 N–H and O–H groups in total. The third kappa shape index (κ3) is 3.70. The number of piperidine rings is 1. The number of hydrogen-bond acceptors (Lipinski definition) is 5. The smallest absolute Gasteiger partial charge is 0.274 e. The van der Waals surface area contributed by atoms with E-state index < -0.39 is 0 Å². The molecule has 1 aromatic carbocycles. The van der Waals surface area contributed by atoms with Crippen LogP contribution in [0.5, 0.6) is 5.19 Å². The van der Waals surface area contributed by atoms with Crippen molar-refractivity contribution in [2.45, 2.75) is 32.3 Å². The van der Waals surface area contributed by atoms with Crippen LogP contribution in [0.3, 0.4) is 0 Å². The van der Waals surface area contributed by atoms with Crippen molar-refractivity contribution >= 4 is 38.8 Å². The summed E-state index contributed by atoms with van der Waals surface area (Å²) in [6.45, 7) is 3.60. The second-order valence-electron chi connectivity index (χ2n) is 6.36. The molecule has 1 amide bonds. The summed E-state index contributed by atoms with van der Waals surface area (Å²) in [6, 6.07) is 10.2. The third-order valence-corrected chi connectivity index (χ3v) is 6.36. The van der Waals surface area contributed by atoms with E-state index in [-0.39, 0.29) is 12.0 Å². The number of hydrogen-bond donors (Lipinski definition) is 0. The highest BCUT2D eigenvalue weighted by Gasteiger charge is 2.25. The summed E-state index contributed by atoms with van der Waals surface area (Å²) in [4.78, 5) is 20.1. The predicted molar refractivity (Wildman–Crippen MR) is 103 cm³/mol. The number of aryl methyl sites for hydroxylation is 1. The molecule has 6 heteroatoms. The number of ether oxygens (including phenoxy) is 1. The van der Waals surface area contributed by atoms with E-state index in [2.05, 4.69) is 30.1 Å². The molecule has 1 saturated heterocycles. The maximum atomic E-state index is 12.4. The zero-order chi connectivity index (χ0) is 17.2. The Labute approximate surface area is 155 Å². The van der Waals surface area contributed by atoms with Crippen LogP contribution in [-0.2, 0) is 11.2 Å². The van der Waals surface area contributed by atoms with Crippen LogP contribution in [0.4, 0.5) is 0 Å². The molecule has 0 saturated carbocycles. The van der Waals surface area contributed by atoms with Crippen molar-refractivity contribution in [3.8, 4) is 5.19 Å². The number of likely N-dealkylation sites (tertiary alicyclic amines) is 1. The first-order chi connectivity index (χ1) is 12.2. The molecule has 3 heterocycles. The van der Waals surface area contributed by atoms with Gasteiger partial charge in [0.25, 0.3) is 5.19 Å². The van der Waals surface area contributed by atoms with Crippen molar-refractivity contribution in [1.29, 1.82) is 0 Å². The highest BCUT2D eigenvalue weighted by atomic mass is 32.1. The number of thiophene rings is 1. The molecule has 3 aromatic rings. The molecule has 1 fully saturated rings. The van der Waals surface area contributed by atoms with Crippen LogP contribution >= 0.6 is 22.7 Å². The van der Waals surface area contributed by atoms with Gasteiger partial charge in [-0.1, -0.05) is 29.5 Å². The summed E-state index contributed by atoms with van der Waals surface area (Å²) in [5, 5.41) is 2.76. The summed E-state index contributed by atoms with van der Waals surface area (Å²) in [5.74, 6) is 0.219. The molecule has 0 spiro atoms. The van der Waals surface area contributed by atoms with Crippen LogP contribution in [0.15, 0.2) is 35.7 Å². The predicted octanol–water partition coefficient (Wildman–Crippen LogP) is 4.28. The molecule has 0 radical (unpaired) electrons. The molecule has 4 rings (SSSR count). The van der Waals surface area contributed by atoms with Gasteiger partial charge in [-0.25, -0.2) is 4.98 Å². The molecule has 0 bridgehead atoms. The Balaban J connectivity index is 1.33. The first-order valence-corrected chi connectivity index (χ1v) is 10.2. The van der Waals surface area contributed by atoms with Gasteiger partial charge in [-0.05, 0) is 30.0 Å². The highest BCUT2D eigenvalue weighted by Crippen LogP contribution is 2.31. The van der Waals surface area contributed by atoms with Crippen molar-refractivity contribution in [1.82, 2.24) is 9.88 Å². The Morgan fingerprint density at radius 1 is 1.28 bits per heavy atom. The Bertz CT molecular complexity index is 865. The molecule has 0 atom stereocenters. The summed E-state index contributed by atoms with van der Waals surface area (Å²) < 4.78 is 7.27. The Kier molecular flexibility index (Phi) is 4.72. The van der Waals surface area contributed by atoms with Gasteiger partial charge in [0.1, 0.15) is 6.10 Å². The molecule has 4 nitrogen and oxygen atoms in total. The van der Waals surface area contributed by atoms with Crippen LogP contribution in [0, 0.1) is 6.92 Å². The minimum absolute atomic E-state index is 0.145. The average Bonchev–Trinajstić information content (AvgIpc) is 3.25. The van der Waals surface area contributed by atoms with Gasteiger partial charge < -0.3 is 9.64 Å². The van der Waals surface area contributed by atoms with E-state index in [1.807, 2.05) is 22.4 Å².